The Morgan fingerprint density at radius 1 is 1.04 bits per heavy atom. The first kappa shape index (κ1) is 21.0. The lowest BCUT2D eigenvalue weighted by Gasteiger charge is -2.47. The van der Waals surface area contributed by atoms with Gasteiger partial charge in [0.1, 0.15) is 5.60 Å². The van der Waals surface area contributed by atoms with Crippen LogP contribution in [0, 0.1) is 0 Å². The summed E-state index contributed by atoms with van der Waals surface area (Å²) in [5, 5.41) is 14.0. The van der Waals surface area contributed by atoms with E-state index in [4.69, 9.17) is 18.9 Å². The van der Waals surface area contributed by atoms with Crippen LogP contribution in [0.2, 0.25) is 0 Å². The largest absolute Gasteiger partial charge is 0.495 e. The van der Waals surface area contributed by atoms with Gasteiger partial charge in [-0.05, 0) is 38.5 Å². The van der Waals surface area contributed by atoms with Crippen molar-refractivity contribution in [3.8, 4) is 0 Å². The zero-order chi connectivity index (χ0) is 20.3. The Morgan fingerprint density at radius 3 is 2.15 bits per heavy atom. The second-order valence-corrected chi connectivity index (χ2v) is 7.04. The third-order valence-electron chi connectivity index (χ3n) is 4.18. The highest BCUT2D eigenvalue weighted by molar-refractivity contribution is 5.82. The Labute approximate surface area is 159 Å². The highest BCUT2D eigenvalue weighted by atomic mass is 16.7. The maximum atomic E-state index is 12.6. The minimum absolute atomic E-state index is 0.0718. The molecule has 148 valence electrons. The summed E-state index contributed by atoms with van der Waals surface area (Å²) in [5.41, 5.74) is -1.36. The molecule has 0 unspecified atom stereocenters. The molecule has 2 N–H and O–H groups in total. The summed E-state index contributed by atoms with van der Waals surface area (Å²) in [6.07, 6.45) is 2.49. The summed E-state index contributed by atoms with van der Waals surface area (Å²) in [6, 6.07) is 9.20. The average Bonchev–Trinajstić information content (AvgIpc) is 2.62. The SMILES string of the molecule is COC1=CC=C(c2ccccc2)[C@](NC(=O)OC(C)(C)C)(OC)[C@@]1(O)OC. The van der Waals surface area contributed by atoms with E-state index in [1.807, 2.05) is 30.3 Å². The highest BCUT2D eigenvalue weighted by Crippen LogP contribution is 2.44. The number of alkyl carbamates (subject to hydrolysis) is 1. The molecule has 1 aliphatic rings. The van der Waals surface area contributed by atoms with E-state index in [2.05, 4.69) is 5.32 Å². The van der Waals surface area contributed by atoms with Crippen LogP contribution in [0.1, 0.15) is 26.3 Å². The van der Waals surface area contributed by atoms with Crippen molar-refractivity contribution in [3.05, 3.63) is 53.8 Å². The number of ether oxygens (including phenoxy) is 4. The van der Waals surface area contributed by atoms with Gasteiger partial charge in [-0.25, -0.2) is 4.79 Å². The maximum absolute atomic E-state index is 12.6. The quantitative estimate of drug-likeness (QED) is 0.768. The zero-order valence-electron chi connectivity index (χ0n) is 16.5. The number of benzene rings is 1. The average molecular weight is 377 g/mol. The van der Waals surface area contributed by atoms with Gasteiger partial charge in [0, 0.05) is 19.8 Å². The molecule has 27 heavy (non-hydrogen) atoms. The molecular formula is C20H27NO6. The standard InChI is InChI=1S/C20H27NO6/c1-18(2,3)27-17(22)21-19(25-5)15(14-10-8-7-9-11-14)12-13-16(24-4)20(19,23)26-6/h7-13,23H,1-6H3,(H,21,22)/t19-,20-/m0/s1. The number of nitrogens with one attached hydrogen (secondary N) is 1. The summed E-state index contributed by atoms with van der Waals surface area (Å²) >= 11 is 0. The molecule has 1 aromatic rings. The van der Waals surface area contributed by atoms with Gasteiger partial charge in [-0.15, -0.1) is 0 Å². The second kappa shape index (κ2) is 7.72. The first-order valence-electron chi connectivity index (χ1n) is 8.49. The van der Waals surface area contributed by atoms with Crippen LogP contribution in [0.4, 0.5) is 4.79 Å². The van der Waals surface area contributed by atoms with Crippen LogP contribution >= 0.6 is 0 Å². The summed E-state index contributed by atoms with van der Waals surface area (Å²) in [6.45, 7) is 5.22. The molecule has 0 heterocycles. The van der Waals surface area contributed by atoms with Gasteiger partial charge in [-0.2, -0.15) is 0 Å². The molecule has 0 saturated carbocycles. The van der Waals surface area contributed by atoms with E-state index < -0.39 is 23.2 Å². The van der Waals surface area contributed by atoms with Crippen molar-refractivity contribution in [2.45, 2.75) is 37.9 Å². The molecular weight excluding hydrogens is 350 g/mol. The highest BCUT2D eigenvalue weighted by Gasteiger charge is 2.61. The van der Waals surface area contributed by atoms with E-state index in [1.165, 1.54) is 21.3 Å². The Kier molecular flexibility index (Phi) is 5.99. The van der Waals surface area contributed by atoms with E-state index in [0.29, 0.717) is 5.57 Å². The molecule has 0 bridgehead atoms. The number of amides is 1. The van der Waals surface area contributed by atoms with Gasteiger partial charge in [0.25, 0.3) is 5.79 Å². The fourth-order valence-electron chi connectivity index (χ4n) is 3.01. The van der Waals surface area contributed by atoms with Crippen LogP contribution in [-0.4, -0.2) is 49.6 Å². The third kappa shape index (κ3) is 3.85. The maximum Gasteiger partial charge on any atom is 0.410 e. The van der Waals surface area contributed by atoms with Crippen LogP contribution in [0.25, 0.3) is 5.57 Å². The lowest BCUT2D eigenvalue weighted by molar-refractivity contribution is -0.275. The van der Waals surface area contributed by atoms with Gasteiger partial charge >= 0.3 is 6.09 Å². The van der Waals surface area contributed by atoms with Crippen molar-refractivity contribution in [2.75, 3.05) is 21.3 Å². The number of aliphatic hydroxyl groups is 1. The van der Waals surface area contributed by atoms with Gasteiger partial charge in [-0.1, -0.05) is 30.3 Å². The van der Waals surface area contributed by atoms with Crippen molar-refractivity contribution >= 4 is 11.7 Å². The lowest BCUT2D eigenvalue weighted by atomic mass is 9.83. The Balaban J connectivity index is 2.63. The molecule has 0 fully saturated rings. The summed E-state index contributed by atoms with van der Waals surface area (Å²) in [5.74, 6) is -2.06. The molecule has 0 aliphatic heterocycles. The van der Waals surface area contributed by atoms with Gasteiger partial charge < -0.3 is 24.1 Å². The van der Waals surface area contributed by atoms with E-state index in [-0.39, 0.29) is 5.76 Å². The van der Waals surface area contributed by atoms with Crippen molar-refractivity contribution in [1.29, 1.82) is 0 Å². The molecule has 1 amide bonds. The number of hydrogen-bond donors (Lipinski definition) is 2. The monoisotopic (exact) mass is 377 g/mol. The van der Waals surface area contributed by atoms with Crippen LogP contribution in [-0.2, 0) is 18.9 Å². The van der Waals surface area contributed by atoms with Gasteiger partial charge in [-0.3, -0.25) is 5.32 Å². The Hall–Kier alpha value is -2.35. The lowest BCUT2D eigenvalue weighted by Crippen LogP contribution is -2.69. The third-order valence-corrected chi connectivity index (χ3v) is 4.18. The van der Waals surface area contributed by atoms with Gasteiger partial charge in [0.2, 0.25) is 5.72 Å². The van der Waals surface area contributed by atoms with Crippen molar-refractivity contribution in [3.63, 3.8) is 0 Å². The van der Waals surface area contributed by atoms with Crippen LogP contribution < -0.4 is 5.32 Å². The first-order chi connectivity index (χ1) is 12.6. The number of methoxy groups -OCH3 is 3. The number of carbonyl (C=O) groups excluding carboxylic acids is 1. The van der Waals surface area contributed by atoms with Crippen LogP contribution in [0.5, 0.6) is 0 Å². The zero-order valence-corrected chi connectivity index (χ0v) is 16.5. The van der Waals surface area contributed by atoms with E-state index in [9.17, 15) is 9.90 Å². The van der Waals surface area contributed by atoms with Crippen molar-refractivity contribution in [2.24, 2.45) is 0 Å². The first-order valence-corrected chi connectivity index (χ1v) is 8.49. The summed E-state index contributed by atoms with van der Waals surface area (Å²) in [4.78, 5) is 12.6. The fraction of sp³-hybridized carbons (Fsp3) is 0.450. The molecule has 1 aliphatic carbocycles. The van der Waals surface area contributed by atoms with Gasteiger partial charge in [0.05, 0.1) is 7.11 Å². The molecule has 7 nitrogen and oxygen atoms in total. The topological polar surface area (TPSA) is 86.3 Å². The minimum Gasteiger partial charge on any atom is -0.495 e. The molecule has 0 aromatic heterocycles. The Morgan fingerprint density at radius 2 is 1.67 bits per heavy atom. The number of rotatable bonds is 5. The predicted octanol–water partition coefficient (Wildman–Crippen LogP) is 2.82. The molecule has 2 rings (SSSR count). The fourth-order valence-corrected chi connectivity index (χ4v) is 3.01. The smallest absolute Gasteiger partial charge is 0.410 e. The van der Waals surface area contributed by atoms with Gasteiger partial charge in [0.15, 0.2) is 5.76 Å². The molecule has 7 heteroatoms. The molecule has 1 aromatic carbocycles. The van der Waals surface area contributed by atoms with Crippen LogP contribution in [0.3, 0.4) is 0 Å². The normalized spacial score (nSPS) is 25.3. The second-order valence-electron chi connectivity index (χ2n) is 7.04. The predicted molar refractivity (Wildman–Crippen MR) is 101 cm³/mol. The number of hydrogen-bond acceptors (Lipinski definition) is 6. The molecule has 0 radical (unpaired) electrons. The van der Waals surface area contributed by atoms with Crippen molar-refractivity contribution < 1.29 is 28.8 Å². The molecule has 0 saturated heterocycles. The van der Waals surface area contributed by atoms with Crippen molar-refractivity contribution in [1.82, 2.24) is 5.32 Å². The summed E-state index contributed by atoms with van der Waals surface area (Å²) in [7, 11) is 4.05. The Bertz CT molecular complexity index is 737. The van der Waals surface area contributed by atoms with Crippen LogP contribution in [0.15, 0.2) is 48.2 Å². The number of allylic oxidation sites excluding steroid dienone is 2. The summed E-state index contributed by atoms with van der Waals surface area (Å²) < 4.78 is 21.8. The molecule has 0 spiro atoms. The minimum atomic E-state index is -2.13. The van der Waals surface area contributed by atoms with E-state index >= 15 is 0 Å². The number of carbonyl (C=O) groups is 1. The van der Waals surface area contributed by atoms with E-state index in [0.717, 1.165) is 5.56 Å². The molecule has 2 atom stereocenters. The van der Waals surface area contributed by atoms with E-state index in [1.54, 1.807) is 32.9 Å².